The molecule has 0 saturated heterocycles. The summed E-state index contributed by atoms with van der Waals surface area (Å²) in [4.78, 5) is 11.9. The Morgan fingerprint density at radius 3 is 2.00 bits per heavy atom. The van der Waals surface area contributed by atoms with Crippen molar-refractivity contribution >= 4 is 29.0 Å². The lowest BCUT2D eigenvalue weighted by atomic mass is 9.70. The van der Waals surface area contributed by atoms with Crippen LogP contribution in [-0.4, -0.2) is 20.3 Å². The first-order valence-corrected chi connectivity index (χ1v) is 9.50. The van der Waals surface area contributed by atoms with Gasteiger partial charge in [-0.1, -0.05) is 63.4 Å². The van der Waals surface area contributed by atoms with E-state index in [0.717, 1.165) is 24.0 Å². The maximum atomic E-state index is 11.9. The molecule has 2 aliphatic carbocycles. The third-order valence-corrected chi connectivity index (χ3v) is 6.66. The number of benzene rings is 1. The molecule has 3 atom stereocenters. The summed E-state index contributed by atoms with van der Waals surface area (Å²) in [7, 11) is 0. The Morgan fingerprint density at radius 2 is 1.71 bits per heavy atom. The molecule has 0 spiro atoms. The van der Waals surface area contributed by atoms with E-state index in [2.05, 4.69) is 27.0 Å². The lowest BCUT2D eigenvalue weighted by molar-refractivity contribution is -0.128. The number of fused-ring (bicyclic) bond motifs is 2. The first kappa shape index (κ1) is 18.8. The van der Waals surface area contributed by atoms with Gasteiger partial charge in [0.25, 0.3) is 0 Å². The number of hydrogen-bond donors (Lipinski definition) is 1. The third kappa shape index (κ3) is 3.31. The molecule has 3 unspecified atom stereocenters. The Balaban J connectivity index is 0.000000185. The van der Waals surface area contributed by atoms with E-state index in [1.54, 1.807) is 0 Å². The van der Waals surface area contributed by atoms with E-state index in [0.29, 0.717) is 12.3 Å². The molecule has 1 aromatic carbocycles. The molecule has 130 valence electrons. The fourth-order valence-electron chi connectivity index (χ4n) is 4.09. The molecule has 0 radical (unpaired) electrons. The zero-order chi connectivity index (χ0) is 18.0. The van der Waals surface area contributed by atoms with Crippen molar-refractivity contribution in [2.75, 3.05) is 5.75 Å². The topological polar surface area (TPSA) is 54.4 Å². The van der Waals surface area contributed by atoms with Crippen LogP contribution in [0.25, 0.3) is 12.2 Å². The molecule has 2 fully saturated rings. The van der Waals surface area contributed by atoms with Crippen LogP contribution < -0.4 is 0 Å². The van der Waals surface area contributed by atoms with Crippen molar-refractivity contribution in [1.82, 2.24) is 0 Å². The molecule has 0 aromatic heterocycles. The number of rotatable bonds is 4. The van der Waals surface area contributed by atoms with Crippen LogP contribution >= 0.6 is 0 Å². The Morgan fingerprint density at radius 1 is 1.21 bits per heavy atom. The Hall–Kier alpha value is -1.52. The van der Waals surface area contributed by atoms with E-state index in [9.17, 15) is 9.00 Å². The fourth-order valence-corrected chi connectivity index (χ4v) is 5.19. The van der Waals surface area contributed by atoms with Crippen molar-refractivity contribution in [3.63, 3.8) is 0 Å². The summed E-state index contributed by atoms with van der Waals surface area (Å²) in [5, 5.41) is 0. The zero-order valence-electron chi connectivity index (χ0n) is 14.5. The van der Waals surface area contributed by atoms with Crippen LogP contribution in [0.5, 0.6) is 0 Å². The molecular weight excluding hydrogens is 320 g/mol. The number of hydrogen-bond acceptors (Lipinski definition) is 2. The number of carbonyl (C=O) groups excluding carboxylic acids is 1. The molecule has 3 nitrogen and oxygen atoms in total. The van der Waals surface area contributed by atoms with Crippen LogP contribution in [0.1, 0.15) is 44.2 Å². The summed E-state index contributed by atoms with van der Waals surface area (Å²) in [5.74, 6) is 0.773. The molecule has 0 aliphatic heterocycles. The lowest BCUT2D eigenvalue weighted by Crippen LogP contribution is -2.40. The highest BCUT2D eigenvalue weighted by Gasteiger charge is 2.64. The van der Waals surface area contributed by atoms with E-state index in [-0.39, 0.29) is 17.0 Å². The van der Waals surface area contributed by atoms with Crippen molar-refractivity contribution in [3.8, 4) is 0 Å². The summed E-state index contributed by atoms with van der Waals surface area (Å²) in [5.41, 5.74) is 1.70. The number of carbonyl (C=O) groups is 1. The number of ketones is 1. The number of Topliss-reactive ketones (excluding diaryl/α,β-unsaturated/α-hetero) is 1. The SMILES string of the molecule is C=Cc1ccc(C=C)cc1.CC1(C)C2CCC1(CS(=O)O)C(=O)C2. The summed E-state index contributed by atoms with van der Waals surface area (Å²) in [6.07, 6.45) is 6.11. The Kier molecular flexibility index (Phi) is 5.61. The van der Waals surface area contributed by atoms with Gasteiger partial charge in [-0.05, 0) is 35.3 Å². The van der Waals surface area contributed by atoms with Gasteiger partial charge in [-0.25, -0.2) is 4.21 Å². The van der Waals surface area contributed by atoms with E-state index in [1.165, 1.54) is 0 Å². The molecule has 2 bridgehead atoms. The molecule has 3 rings (SSSR count). The maximum Gasteiger partial charge on any atom is 0.153 e. The molecule has 4 heteroatoms. The van der Waals surface area contributed by atoms with Crippen LogP contribution in [0.15, 0.2) is 37.4 Å². The second-order valence-electron chi connectivity index (χ2n) is 7.21. The molecule has 0 heterocycles. The van der Waals surface area contributed by atoms with Gasteiger partial charge in [0.15, 0.2) is 11.1 Å². The summed E-state index contributed by atoms with van der Waals surface area (Å²) >= 11 is -1.86. The molecule has 1 aromatic rings. The smallest absolute Gasteiger partial charge is 0.153 e. The largest absolute Gasteiger partial charge is 0.306 e. The van der Waals surface area contributed by atoms with E-state index >= 15 is 0 Å². The van der Waals surface area contributed by atoms with Crippen molar-refractivity contribution in [2.24, 2.45) is 16.7 Å². The highest BCUT2D eigenvalue weighted by Crippen LogP contribution is 2.63. The standard InChI is InChI=1S/C10H16O3S.C10H10/c1-9(2)7-3-4-10(9,6-14(12)13)8(11)5-7;1-3-9-5-7-10(4-2)8-6-9/h7H,3-6H2,1-2H3,(H,12,13);3-8H,1-2H2. The normalized spacial score (nSPS) is 28.0. The molecule has 2 saturated carbocycles. The predicted molar refractivity (Wildman–Crippen MR) is 101 cm³/mol. The van der Waals surface area contributed by atoms with Crippen molar-refractivity contribution in [1.29, 1.82) is 0 Å². The quantitative estimate of drug-likeness (QED) is 0.812. The highest BCUT2D eigenvalue weighted by atomic mass is 32.2. The molecule has 2 aliphatic rings. The van der Waals surface area contributed by atoms with Crippen LogP contribution in [0.4, 0.5) is 0 Å². The van der Waals surface area contributed by atoms with E-state index < -0.39 is 16.5 Å². The van der Waals surface area contributed by atoms with Crippen molar-refractivity contribution in [2.45, 2.75) is 33.1 Å². The summed E-state index contributed by atoms with van der Waals surface area (Å²) < 4.78 is 19.9. The van der Waals surface area contributed by atoms with Crippen LogP contribution in [0.3, 0.4) is 0 Å². The Bertz CT molecular complexity index is 633. The molecule has 24 heavy (non-hydrogen) atoms. The molecule has 0 amide bonds. The minimum absolute atomic E-state index is 0.0809. The second kappa shape index (κ2) is 7.16. The van der Waals surface area contributed by atoms with E-state index in [1.807, 2.05) is 36.4 Å². The van der Waals surface area contributed by atoms with Gasteiger partial charge in [0.05, 0.1) is 5.75 Å². The van der Waals surface area contributed by atoms with Gasteiger partial charge in [-0.15, -0.1) is 0 Å². The summed E-state index contributed by atoms with van der Waals surface area (Å²) in [6, 6.07) is 8.07. The van der Waals surface area contributed by atoms with Gasteiger partial charge in [-0.3, -0.25) is 4.79 Å². The molecule has 1 N–H and O–H groups in total. The van der Waals surface area contributed by atoms with Crippen LogP contribution in [0.2, 0.25) is 0 Å². The first-order valence-electron chi connectivity index (χ1n) is 8.22. The maximum absolute atomic E-state index is 11.9. The minimum Gasteiger partial charge on any atom is -0.306 e. The zero-order valence-corrected chi connectivity index (χ0v) is 15.3. The second-order valence-corrected chi connectivity index (χ2v) is 8.14. The highest BCUT2D eigenvalue weighted by molar-refractivity contribution is 7.79. The first-order chi connectivity index (χ1) is 11.3. The van der Waals surface area contributed by atoms with Gasteiger partial charge in [-0.2, -0.15) is 0 Å². The third-order valence-electron chi connectivity index (χ3n) is 5.92. The molecular formula is C20H26O3S. The average Bonchev–Trinajstić information content (AvgIpc) is 2.89. The Labute approximate surface area is 147 Å². The van der Waals surface area contributed by atoms with Crippen LogP contribution in [-0.2, 0) is 15.9 Å². The van der Waals surface area contributed by atoms with E-state index in [4.69, 9.17) is 4.55 Å². The van der Waals surface area contributed by atoms with Gasteiger partial charge >= 0.3 is 0 Å². The minimum atomic E-state index is -1.86. The lowest BCUT2D eigenvalue weighted by Gasteiger charge is -2.35. The van der Waals surface area contributed by atoms with Crippen LogP contribution in [0, 0.1) is 16.7 Å². The van der Waals surface area contributed by atoms with Gasteiger partial charge in [0, 0.05) is 11.8 Å². The summed E-state index contributed by atoms with van der Waals surface area (Å²) in [6.45, 7) is 11.5. The van der Waals surface area contributed by atoms with Gasteiger partial charge in [0.1, 0.15) is 5.78 Å². The average molecular weight is 346 g/mol. The fraction of sp³-hybridized carbons (Fsp3) is 0.450. The van der Waals surface area contributed by atoms with Crippen molar-refractivity contribution < 1.29 is 13.6 Å². The van der Waals surface area contributed by atoms with Gasteiger partial charge in [0.2, 0.25) is 0 Å². The van der Waals surface area contributed by atoms with Gasteiger partial charge < -0.3 is 4.55 Å². The van der Waals surface area contributed by atoms with Crippen molar-refractivity contribution in [3.05, 3.63) is 48.6 Å². The predicted octanol–water partition coefficient (Wildman–Crippen LogP) is 4.58. The monoisotopic (exact) mass is 346 g/mol.